The van der Waals surface area contributed by atoms with Gasteiger partial charge in [0, 0.05) is 28.5 Å². The number of hydrogen-bond donors (Lipinski definition) is 0. The Hall–Kier alpha value is -3.34. The van der Waals surface area contributed by atoms with Gasteiger partial charge in [0.05, 0.1) is 0 Å². The highest BCUT2D eigenvalue weighted by molar-refractivity contribution is 7.13. The van der Waals surface area contributed by atoms with E-state index in [4.69, 9.17) is 10.5 Å². The lowest BCUT2D eigenvalue weighted by Crippen LogP contribution is -2.21. The normalized spacial score (nSPS) is 11.0. The Kier molecular flexibility index (Phi) is 8.53. The predicted molar refractivity (Wildman–Crippen MR) is 121 cm³/mol. The van der Waals surface area contributed by atoms with Crippen LogP contribution < -0.4 is 4.90 Å². The van der Waals surface area contributed by atoms with Crippen molar-refractivity contribution in [2.75, 3.05) is 18.0 Å². The zero-order chi connectivity index (χ0) is 20.2. The van der Waals surface area contributed by atoms with Crippen molar-refractivity contribution in [1.29, 1.82) is 10.5 Å². The van der Waals surface area contributed by atoms with Crippen molar-refractivity contribution in [1.82, 2.24) is 0 Å². The third-order valence-corrected chi connectivity index (χ3v) is 5.08. The maximum absolute atomic E-state index is 8.79. The average Bonchev–Trinajstić information content (AvgIpc) is 3.18. The second-order valence-corrected chi connectivity index (χ2v) is 7.04. The summed E-state index contributed by atoms with van der Waals surface area (Å²) in [4.78, 5) is 4.29. The van der Waals surface area contributed by atoms with E-state index in [2.05, 4.69) is 49.1 Å². The Morgan fingerprint density at radius 1 is 0.857 bits per heavy atom. The predicted octanol–water partition coefficient (Wildman–Crippen LogP) is 6.31. The molecule has 0 atom stereocenters. The van der Waals surface area contributed by atoms with Crippen molar-refractivity contribution in [2.24, 2.45) is 0 Å². The number of allylic oxidation sites excluding steroid dienone is 5. The molecule has 0 aliphatic rings. The fourth-order valence-corrected chi connectivity index (χ4v) is 3.47. The monoisotopic (exact) mass is 385 g/mol. The summed E-state index contributed by atoms with van der Waals surface area (Å²) in [7, 11) is 0. The first-order valence-electron chi connectivity index (χ1n) is 9.18. The maximum Gasteiger partial charge on any atom is 0.131 e. The van der Waals surface area contributed by atoms with Crippen molar-refractivity contribution in [2.45, 2.75) is 13.8 Å². The van der Waals surface area contributed by atoms with Crippen LogP contribution in [0.1, 0.15) is 29.2 Å². The van der Waals surface area contributed by atoms with Gasteiger partial charge in [-0.2, -0.15) is 10.5 Å². The molecule has 0 aliphatic heterocycles. The molecule has 1 aromatic heterocycles. The van der Waals surface area contributed by atoms with E-state index in [1.54, 1.807) is 6.08 Å². The van der Waals surface area contributed by atoms with E-state index >= 15 is 0 Å². The van der Waals surface area contributed by atoms with Crippen molar-refractivity contribution in [3.05, 3.63) is 81.6 Å². The van der Waals surface area contributed by atoms with E-state index < -0.39 is 0 Å². The Bertz CT molecular complexity index is 941. The topological polar surface area (TPSA) is 50.8 Å². The van der Waals surface area contributed by atoms with Gasteiger partial charge >= 0.3 is 0 Å². The fraction of sp³-hybridized carbons (Fsp3) is 0.167. The van der Waals surface area contributed by atoms with Crippen molar-refractivity contribution >= 4 is 35.3 Å². The molecule has 0 fully saturated rings. The first-order valence-corrected chi connectivity index (χ1v) is 10.00. The summed E-state index contributed by atoms with van der Waals surface area (Å²) < 4.78 is 0. The summed E-state index contributed by atoms with van der Waals surface area (Å²) in [5, 5.41) is 17.6. The Morgan fingerprint density at radius 3 is 2.07 bits per heavy atom. The molecule has 0 spiro atoms. The minimum absolute atomic E-state index is 0.118. The first kappa shape index (κ1) is 21.0. The number of thiophene rings is 1. The van der Waals surface area contributed by atoms with Crippen LogP contribution in [0.3, 0.4) is 0 Å². The zero-order valence-electron chi connectivity index (χ0n) is 16.2. The highest BCUT2D eigenvalue weighted by Gasteiger charge is 2.00. The molecule has 0 saturated carbocycles. The second kappa shape index (κ2) is 11.4. The largest absolute Gasteiger partial charge is 0.372 e. The van der Waals surface area contributed by atoms with Gasteiger partial charge in [-0.3, -0.25) is 0 Å². The lowest BCUT2D eigenvalue weighted by Gasteiger charge is -2.20. The maximum atomic E-state index is 8.79. The van der Waals surface area contributed by atoms with Gasteiger partial charge in [0.2, 0.25) is 0 Å². The minimum atomic E-state index is 0.118. The van der Waals surface area contributed by atoms with Crippen LogP contribution in [0.25, 0.3) is 18.2 Å². The van der Waals surface area contributed by atoms with Crippen LogP contribution in [0.15, 0.2) is 66.3 Å². The molecule has 1 heterocycles. The van der Waals surface area contributed by atoms with Crippen molar-refractivity contribution < 1.29 is 0 Å². The zero-order valence-corrected chi connectivity index (χ0v) is 17.0. The second-order valence-electron chi connectivity index (χ2n) is 5.89. The molecule has 0 amide bonds. The molecule has 3 nitrogen and oxygen atoms in total. The lowest BCUT2D eigenvalue weighted by molar-refractivity contribution is 0.866. The van der Waals surface area contributed by atoms with Gasteiger partial charge in [0.1, 0.15) is 17.7 Å². The third-order valence-electron chi connectivity index (χ3n) is 4.08. The SMILES string of the molecule is CCN(CC)c1ccc(/C=C/C=C/C=C/c2ccc(C=C(C#N)C#N)s2)cc1. The lowest BCUT2D eigenvalue weighted by atomic mass is 10.2. The van der Waals surface area contributed by atoms with Gasteiger partial charge in [0.25, 0.3) is 0 Å². The van der Waals surface area contributed by atoms with E-state index in [0.29, 0.717) is 0 Å². The van der Waals surface area contributed by atoms with Gasteiger partial charge in [-0.1, -0.05) is 42.5 Å². The van der Waals surface area contributed by atoms with Crippen LogP contribution >= 0.6 is 11.3 Å². The molecule has 0 unspecified atom stereocenters. The molecule has 4 heteroatoms. The Labute approximate surface area is 171 Å². The molecule has 0 bridgehead atoms. The van der Waals surface area contributed by atoms with Crippen molar-refractivity contribution in [3.8, 4) is 12.1 Å². The van der Waals surface area contributed by atoms with Gasteiger partial charge in [-0.05, 0) is 55.8 Å². The van der Waals surface area contributed by atoms with Crippen LogP contribution in [-0.4, -0.2) is 13.1 Å². The number of nitrogens with zero attached hydrogens (tertiary/aromatic N) is 3. The van der Waals surface area contributed by atoms with E-state index in [1.165, 1.54) is 22.6 Å². The fourth-order valence-electron chi connectivity index (χ4n) is 2.60. The van der Waals surface area contributed by atoms with Crippen LogP contribution in [0.5, 0.6) is 0 Å². The Morgan fingerprint density at radius 2 is 1.46 bits per heavy atom. The van der Waals surface area contributed by atoms with Crippen LogP contribution in [0, 0.1) is 22.7 Å². The number of rotatable bonds is 8. The number of benzene rings is 1. The first-order chi connectivity index (χ1) is 13.7. The smallest absolute Gasteiger partial charge is 0.131 e. The molecular weight excluding hydrogens is 362 g/mol. The Balaban J connectivity index is 1.90. The molecule has 1 aromatic carbocycles. The molecule has 0 saturated heterocycles. The number of anilines is 1. The minimum Gasteiger partial charge on any atom is -0.372 e. The van der Waals surface area contributed by atoms with Gasteiger partial charge in [0.15, 0.2) is 0 Å². The highest BCUT2D eigenvalue weighted by Crippen LogP contribution is 2.20. The molecule has 140 valence electrons. The average molecular weight is 386 g/mol. The third kappa shape index (κ3) is 6.43. The standard InChI is InChI=1S/C24H23N3S/c1-3-27(4-2)22-13-11-20(12-14-22)9-7-5-6-8-10-23-15-16-24(28-23)17-21(18-25)19-26/h5-17H,3-4H2,1-2H3/b6-5+,9-7+,10-8+. The van der Waals surface area contributed by atoms with E-state index in [1.807, 2.05) is 54.7 Å². The van der Waals surface area contributed by atoms with Crippen LogP contribution in [-0.2, 0) is 0 Å². The molecular formula is C24H23N3S. The number of nitriles is 2. The molecule has 0 N–H and O–H groups in total. The van der Waals surface area contributed by atoms with E-state index in [0.717, 1.165) is 22.8 Å². The number of hydrogen-bond acceptors (Lipinski definition) is 4. The summed E-state index contributed by atoms with van der Waals surface area (Å²) in [6.07, 6.45) is 13.7. The molecule has 2 aromatic rings. The van der Waals surface area contributed by atoms with Gasteiger partial charge < -0.3 is 4.90 Å². The summed E-state index contributed by atoms with van der Waals surface area (Å²) in [6.45, 7) is 6.36. The summed E-state index contributed by atoms with van der Waals surface area (Å²) in [5.41, 5.74) is 2.54. The summed E-state index contributed by atoms with van der Waals surface area (Å²) in [5.74, 6) is 0. The molecule has 28 heavy (non-hydrogen) atoms. The van der Waals surface area contributed by atoms with Gasteiger partial charge in [-0.15, -0.1) is 11.3 Å². The van der Waals surface area contributed by atoms with E-state index in [-0.39, 0.29) is 5.57 Å². The molecule has 2 rings (SSSR count). The summed E-state index contributed by atoms with van der Waals surface area (Å²) in [6, 6.07) is 16.2. The van der Waals surface area contributed by atoms with Gasteiger partial charge in [-0.25, -0.2) is 0 Å². The molecule has 0 radical (unpaired) electrons. The van der Waals surface area contributed by atoms with Crippen LogP contribution in [0.4, 0.5) is 5.69 Å². The molecule has 0 aliphatic carbocycles. The van der Waals surface area contributed by atoms with Crippen molar-refractivity contribution in [3.63, 3.8) is 0 Å². The van der Waals surface area contributed by atoms with E-state index in [9.17, 15) is 0 Å². The summed E-state index contributed by atoms with van der Waals surface area (Å²) >= 11 is 1.54. The quantitative estimate of drug-likeness (QED) is 0.395. The van der Waals surface area contributed by atoms with Crippen LogP contribution in [0.2, 0.25) is 0 Å². The highest BCUT2D eigenvalue weighted by atomic mass is 32.1.